The Hall–Kier alpha value is -0.610. The molecule has 0 aromatic rings. The van der Waals surface area contributed by atoms with E-state index in [1.165, 1.54) is 0 Å². The van der Waals surface area contributed by atoms with E-state index in [0.717, 1.165) is 0 Å². The number of ether oxygens (including phenoxy) is 2. The van der Waals surface area contributed by atoms with Crippen molar-refractivity contribution in [3.8, 4) is 0 Å². The van der Waals surface area contributed by atoms with Crippen LogP contribution in [0.4, 0.5) is 0 Å². The Morgan fingerprint density at radius 2 is 2.21 bits per heavy atom. The molecule has 1 N–H and O–H groups in total. The van der Waals surface area contributed by atoms with Crippen molar-refractivity contribution in [1.29, 1.82) is 0 Å². The maximum absolute atomic E-state index is 11.5. The van der Waals surface area contributed by atoms with Gasteiger partial charge in [0, 0.05) is 13.7 Å². The molecule has 3 unspecified atom stereocenters. The summed E-state index contributed by atoms with van der Waals surface area (Å²) in [7, 11) is 1.60. The van der Waals surface area contributed by atoms with Gasteiger partial charge in [-0.15, -0.1) is 0 Å². The smallest absolute Gasteiger partial charge is 0.309 e. The van der Waals surface area contributed by atoms with Gasteiger partial charge >= 0.3 is 5.97 Å². The second-order valence-corrected chi connectivity index (χ2v) is 3.70. The van der Waals surface area contributed by atoms with Gasteiger partial charge in [-0.1, -0.05) is 0 Å². The molecule has 1 aliphatic rings. The van der Waals surface area contributed by atoms with E-state index in [1.807, 2.05) is 0 Å². The van der Waals surface area contributed by atoms with Crippen LogP contribution in [-0.2, 0) is 14.3 Å². The van der Waals surface area contributed by atoms with Crippen LogP contribution in [0.3, 0.4) is 0 Å². The monoisotopic (exact) mass is 202 g/mol. The molecule has 0 aromatic heterocycles. The second kappa shape index (κ2) is 5.32. The molecule has 4 nitrogen and oxygen atoms in total. The van der Waals surface area contributed by atoms with Gasteiger partial charge in [-0.2, -0.15) is 0 Å². The van der Waals surface area contributed by atoms with E-state index in [1.54, 1.807) is 14.0 Å². The number of hydrogen-bond acceptors (Lipinski definition) is 4. The van der Waals surface area contributed by atoms with Crippen molar-refractivity contribution < 1.29 is 19.4 Å². The topological polar surface area (TPSA) is 55.8 Å². The SMILES string of the molecule is CCOC(=O)C1CC(O)CC1COC. The zero-order chi connectivity index (χ0) is 10.6. The lowest BCUT2D eigenvalue weighted by atomic mass is 9.97. The average molecular weight is 202 g/mol. The first kappa shape index (κ1) is 11.5. The van der Waals surface area contributed by atoms with Crippen molar-refractivity contribution in [3.63, 3.8) is 0 Å². The Balaban J connectivity index is 2.52. The third kappa shape index (κ3) is 2.69. The Morgan fingerprint density at radius 1 is 1.50 bits per heavy atom. The number of aliphatic hydroxyl groups excluding tert-OH is 1. The highest BCUT2D eigenvalue weighted by atomic mass is 16.5. The fraction of sp³-hybridized carbons (Fsp3) is 0.900. The van der Waals surface area contributed by atoms with Crippen molar-refractivity contribution in [3.05, 3.63) is 0 Å². The van der Waals surface area contributed by atoms with Crippen LogP contribution in [0.2, 0.25) is 0 Å². The van der Waals surface area contributed by atoms with Crippen LogP contribution in [0, 0.1) is 11.8 Å². The molecule has 0 heterocycles. The molecule has 1 saturated carbocycles. The van der Waals surface area contributed by atoms with Gasteiger partial charge < -0.3 is 14.6 Å². The first-order chi connectivity index (χ1) is 6.69. The molecule has 0 aromatic carbocycles. The van der Waals surface area contributed by atoms with Crippen LogP contribution < -0.4 is 0 Å². The van der Waals surface area contributed by atoms with Crippen molar-refractivity contribution in [2.24, 2.45) is 11.8 Å². The van der Waals surface area contributed by atoms with E-state index >= 15 is 0 Å². The number of hydrogen-bond donors (Lipinski definition) is 1. The van der Waals surface area contributed by atoms with Gasteiger partial charge in [0.05, 0.1) is 18.6 Å². The minimum absolute atomic E-state index is 0.106. The zero-order valence-electron chi connectivity index (χ0n) is 8.73. The van der Waals surface area contributed by atoms with Crippen molar-refractivity contribution in [2.45, 2.75) is 25.9 Å². The van der Waals surface area contributed by atoms with Gasteiger partial charge in [0.15, 0.2) is 0 Å². The fourth-order valence-corrected chi connectivity index (χ4v) is 2.03. The molecule has 1 rings (SSSR count). The quantitative estimate of drug-likeness (QED) is 0.678. The van der Waals surface area contributed by atoms with E-state index in [9.17, 15) is 9.90 Å². The minimum Gasteiger partial charge on any atom is -0.466 e. The molecule has 3 atom stereocenters. The first-order valence-electron chi connectivity index (χ1n) is 5.02. The fourth-order valence-electron chi connectivity index (χ4n) is 2.03. The first-order valence-corrected chi connectivity index (χ1v) is 5.02. The van der Waals surface area contributed by atoms with E-state index in [0.29, 0.717) is 26.1 Å². The zero-order valence-corrected chi connectivity index (χ0v) is 8.73. The molecule has 1 fully saturated rings. The average Bonchev–Trinajstić information content (AvgIpc) is 2.48. The molecule has 0 aliphatic heterocycles. The van der Waals surface area contributed by atoms with Crippen LogP contribution in [0.5, 0.6) is 0 Å². The normalized spacial score (nSPS) is 31.8. The summed E-state index contributed by atoms with van der Waals surface area (Å²) in [5.74, 6) is -0.287. The Labute approximate surface area is 84.2 Å². The lowest BCUT2D eigenvalue weighted by Gasteiger charge is -2.16. The molecule has 0 bridgehead atoms. The molecule has 0 amide bonds. The molecule has 0 saturated heterocycles. The van der Waals surface area contributed by atoms with Gasteiger partial charge in [0.1, 0.15) is 0 Å². The third-order valence-corrected chi connectivity index (χ3v) is 2.64. The van der Waals surface area contributed by atoms with Gasteiger partial charge in [0.25, 0.3) is 0 Å². The van der Waals surface area contributed by atoms with Crippen LogP contribution in [-0.4, -0.2) is 37.5 Å². The maximum Gasteiger partial charge on any atom is 0.309 e. The summed E-state index contributed by atoms with van der Waals surface area (Å²) >= 11 is 0. The highest BCUT2D eigenvalue weighted by Gasteiger charge is 2.38. The number of rotatable bonds is 4. The maximum atomic E-state index is 11.5. The van der Waals surface area contributed by atoms with Crippen LogP contribution >= 0.6 is 0 Å². The summed E-state index contributed by atoms with van der Waals surface area (Å²) in [6.07, 6.45) is 0.758. The van der Waals surface area contributed by atoms with Crippen molar-refractivity contribution in [1.82, 2.24) is 0 Å². The van der Waals surface area contributed by atoms with Crippen LogP contribution in [0.15, 0.2) is 0 Å². The van der Waals surface area contributed by atoms with E-state index in [2.05, 4.69) is 0 Å². The minimum atomic E-state index is -0.385. The number of esters is 1. The standard InChI is InChI=1S/C10H18O4/c1-3-14-10(12)9-5-8(11)4-7(9)6-13-2/h7-9,11H,3-6H2,1-2H3. The highest BCUT2D eigenvalue weighted by Crippen LogP contribution is 2.33. The lowest BCUT2D eigenvalue weighted by molar-refractivity contribution is -0.150. The summed E-state index contributed by atoms with van der Waals surface area (Å²) in [5.41, 5.74) is 0. The van der Waals surface area contributed by atoms with E-state index in [4.69, 9.17) is 9.47 Å². The third-order valence-electron chi connectivity index (χ3n) is 2.64. The molecule has 0 spiro atoms. The summed E-state index contributed by atoms with van der Waals surface area (Å²) in [4.78, 5) is 11.5. The van der Waals surface area contributed by atoms with E-state index in [-0.39, 0.29) is 23.9 Å². The van der Waals surface area contributed by atoms with Crippen molar-refractivity contribution >= 4 is 5.97 Å². The van der Waals surface area contributed by atoms with Gasteiger partial charge in [-0.05, 0) is 25.7 Å². The Kier molecular flexibility index (Phi) is 4.35. The molecule has 82 valence electrons. The molecule has 1 aliphatic carbocycles. The number of carbonyl (C=O) groups excluding carboxylic acids is 1. The molecular formula is C10H18O4. The summed E-state index contributed by atoms with van der Waals surface area (Å²) in [5, 5.41) is 9.45. The number of methoxy groups -OCH3 is 1. The number of carbonyl (C=O) groups is 1. The summed E-state index contributed by atoms with van der Waals surface area (Å²) < 4.78 is 9.96. The summed E-state index contributed by atoms with van der Waals surface area (Å²) in [6, 6.07) is 0. The molecular weight excluding hydrogens is 184 g/mol. The predicted octanol–water partition coefficient (Wildman–Crippen LogP) is 0.583. The Bertz CT molecular complexity index is 193. The van der Waals surface area contributed by atoms with Gasteiger partial charge in [-0.25, -0.2) is 0 Å². The largest absolute Gasteiger partial charge is 0.466 e. The lowest BCUT2D eigenvalue weighted by Crippen LogP contribution is -2.24. The molecule has 14 heavy (non-hydrogen) atoms. The van der Waals surface area contributed by atoms with Gasteiger partial charge in [0.2, 0.25) is 0 Å². The molecule has 4 heteroatoms. The Morgan fingerprint density at radius 3 is 2.79 bits per heavy atom. The van der Waals surface area contributed by atoms with E-state index < -0.39 is 0 Å². The van der Waals surface area contributed by atoms with Crippen molar-refractivity contribution in [2.75, 3.05) is 20.3 Å². The highest BCUT2D eigenvalue weighted by molar-refractivity contribution is 5.73. The van der Waals surface area contributed by atoms with Crippen LogP contribution in [0.25, 0.3) is 0 Å². The van der Waals surface area contributed by atoms with Crippen LogP contribution in [0.1, 0.15) is 19.8 Å². The number of aliphatic hydroxyl groups is 1. The molecule has 0 radical (unpaired) electrons. The second-order valence-electron chi connectivity index (χ2n) is 3.70. The predicted molar refractivity (Wildman–Crippen MR) is 50.7 cm³/mol. The summed E-state index contributed by atoms with van der Waals surface area (Å²) in [6.45, 7) is 2.69. The van der Waals surface area contributed by atoms with Gasteiger partial charge in [-0.3, -0.25) is 4.79 Å².